The lowest BCUT2D eigenvalue weighted by atomic mass is 10.2. The highest BCUT2D eigenvalue weighted by atomic mass is 15.0. The summed E-state index contributed by atoms with van der Waals surface area (Å²) in [5.74, 6) is 0. The van der Waals surface area contributed by atoms with E-state index in [1.165, 1.54) is 11.3 Å². The molecule has 0 fully saturated rings. The van der Waals surface area contributed by atoms with Gasteiger partial charge >= 0.3 is 0 Å². The fourth-order valence-electron chi connectivity index (χ4n) is 2.75. The number of aryl methyl sites for hydroxylation is 1. The van der Waals surface area contributed by atoms with Crippen molar-refractivity contribution in [2.24, 2.45) is 0 Å². The Morgan fingerprint density at radius 2 is 1.41 bits per heavy atom. The van der Waals surface area contributed by atoms with Gasteiger partial charge in [0, 0.05) is 41.2 Å². The molecule has 110 valence electrons. The van der Waals surface area contributed by atoms with Gasteiger partial charge in [0.1, 0.15) is 0 Å². The Morgan fingerprint density at radius 1 is 0.818 bits per heavy atom. The molecule has 0 unspecified atom stereocenters. The second-order valence-electron chi connectivity index (χ2n) is 4.96. The van der Waals surface area contributed by atoms with Crippen LogP contribution in [0.3, 0.4) is 0 Å². The number of hydrogen-bond acceptors (Lipinski definition) is 2. The fourth-order valence-corrected chi connectivity index (χ4v) is 2.75. The van der Waals surface area contributed by atoms with Gasteiger partial charge in [0.15, 0.2) is 0 Å². The molecule has 3 nitrogen and oxygen atoms in total. The molecule has 0 radical (unpaired) electrons. The van der Waals surface area contributed by atoms with Gasteiger partial charge in [0.25, 0.3) is 0 Å². The molecule has 22 heavy (non-hydrogen) atoms. The van der Waals surface area contributed by atoms with E-state index in [0.29, 0.717) is 0 Å². The predicted octanol–water partition coefficient (Wildman–Crippen LogP) is 4.91. The normalized spacial score (nSPS) is 10.5. The van der Waals surface area contributed by atoms with E-state index in [-0.39, 0.29) is 0 Å². The highest BCUT2D eigenvalue weighted by molar-refractivity contribution is 6.08. The molecule has 0 aliphatic heterocycles. The van der Waals surface area contributed by atoms with Gasteiger partial charge in [0.2, 0.25) is 0 Å². The van der Waals surface area contributed by atoms with E-state index in [9.17, 15) is 0 Å². The zero-order chi connectivity index (χ0) is 15.5. The maximum Gasteiger partial charge on any atom is 0.0572 e. The first-order valence-corrected chi connectivity index (χ1v) is 7.60. The van der Waals surface area contributed by atoms with Crippen molar-refractivity contribution in [2.45, 2.75) is 20.8 Å². The Balaban J connectivity index is 0.000000693. The lowest BCUT2D eigenvalue weighted by Gasteiger charge is -2.08. The number of benzene rings is 1. The summed E-state index contributed by atoms with van der Waals surface area (Å²) in [6.07, 6.45) is 7.49. The van der Waals surface area contributed by atoms with Crippen LogP contribution in [0.2, 0.25) is 0 Å². The van der Waals surface area contributed by atoms with Crippen molar-refractivity contribution in [3.63, 3.8) is 0 Å². The van der Waals surface area contributed by atoms with E-state index in [2.05, 4.69) is 57.9 Å². The number of aromatic nitrogens is 3. The minimum Gasteiger partial charge on any atom is -0.309 e. The van der Waals surface area contributed by atoms with Crippen LogP contribution >= 0.6 is 0 Å². The number of nitrogens with zero attached hydrogens (tertiary/aromatic N) is 3. The Bertz CT molecular complexity index is 869. The molecular formula is C19H19N3. The summed E-state index contributed by atoms with van der Waals surface area (Å²) < 4.78 is 2.26. The molecule has 3 aromatic heterocycles. The summed E-state index contributed by atoms with van der Waals surface area (Å²) >= 11 is 0. The Morgan fingerprint density at radius 3 is 1.95 bits per heavy atom. The highest BCUT2D eigenvalue weighted by Crippen LogP contribution is 2.30. The largest absolute Gasteiger partial charge is 0.309 e. The lowest BCUT2D eigenvalue weighted by Crippen LogP contribution is -1.94. The summed E-state index contributed by atoms with van der Waals surface area (Å²) in [4.78, 5) is 8.49. The van der Waals surface area contributed by atoms with Crippen LogP contribution in [0.5, 0.6) is 0 Å². The maximum atomic E-state index is 4.25. The number of pyridine rings is 2. The van der Waals surface area contributed by atoms with E-state index in [1.54, 1.807) is 0 Å². The molecule has 0 aliphatic rings. The van der Waals surface area contributed by atoms with E-state index in [0.717, 1.165) is 21.8 Å². The zero-order valence-corrected chi connectivity index (χ0v) is 13.1. The average molecular weight is 289 g/mol. The molecule has 4 rings (SSSR count). The summed E-state index contributed by atoms with van der Waals surface area (Å²) in [7, 11) is 0. The first kappa shape index (κ1) is 14.3. The zero-order valence-electron chi connectivity index (χ0n) is 13.1. The van der Waals surface area contributed by atoms with Crippen molar-refractivity contribution in [3.8, 4) is 5.69 Å². The van der Waals surface area contributed by atoms with E-state index in [4.69, 9.17) is 0 Å². The van der Waals surface area contributed by atoms with Gasteiger partial charge in [-0.15, -0.1) is 0 Å². The number of rotatable bonds is 1. The third-order valence-corrected chi connectivity index (χ3v) is 3.63. The fraction of sp³-hybridized carbons (Fsp3) is 0.158. The predicted molar refractivity (Wildman–Crippen MR) is 92.5 cm³/mol. The van der Waals surface area contributed by atoms with Crippen LogP contribution in [0.25, 0.3) is 27.5 Å². The number of hydrogen-bond donors (Lipinski definition) is 0. The molecular weight excluding hydrogens is 270 g/mol. The second-order valence-corrected chi connectivity index (χ2v) is 4.96. The topological polar surface area (TPSA) is 30.7 Å². The van der Waals surface area contributed by atoms with Crippen LogP contribution in [0.4, 0.5) is 0 Å². The summed E-state index contributed by atoms with van der Waals surface area (Å²) in [5.41, 5.74) is 4.74. The Labute approximate surface area is 130 Å². The van der Waals surface area contributed by atoms with Gasteiger partial charge in [-0.3, -0.25) is 9.97 Å². The Hall–Kier alpha value is -2.68. The van der Waals surface area contributed by atoms with Gasteiger partial charge in [-0.05, 0) is 36.8 Å². The lowest BCUT2D eigenvalue weighted by molar-refractivity contribution is 1.16. The SMILES string of the molecule is CC.Cc1cccc(-n2c3ccncc3c3cnccc32)c1. The van der Waals surface area contributed by atoms with Gasteiger partial charge < -0.3 is 4.57 Å². The van der Waals surface area contributed by atoms with Crippen molar-refractivity contribution < 1.29 is 0 Å². The van der Waals surface area contributed by atoms with E-state index >= 15 is 0 Å². The third-order valence-electron chi connectivity index (χ3n) is 3.63. The van der Waals surface area contributed by atoms with E-state index < -0.39 is 0 Å². The van der Waals surface area contributed by atoms with Crippen molar-refractivity contribution in [3.05, 3.63) is 66.7 Å². The molecule has 0 amide bonds. The molecule has 0 spiro atoms. The summed E-state index contributed by atoms with van der Waals surface area (Å²) in [6.45, 7) is 6.11. The molecule has 3 heterocycles. The van der Waals surface area contributed by atoms with Crippen LogP contribution in [0.1, 0.15) is 19.4 Å². The third kappa shape index (κ3) is 2.25. The van der Waals surface area contributed by atoms with Crippen LogP contribution in [0.15, 0.2) is 61.2 Å². The highest BCUT2D eigenvalue weighted by Gasteiger charge is 2.11. The van der Waals surface area contributed by atoms with Crippen LogP contribution < -0.4 is 0 Å². The summed E-state index contributed by atoms with van der Waals surface area (Å²) in [6, 6.07) is 12.6. The maximum absolute atomic E-state index is 4.25. The molecule has 1 aromatic carbocycles. The van der Waals surface area contributed by atoms with Gasteiger partial charge in [0.05, 0.1) is 11.0 Å². The summed E-state index contributed by atoms with van der Waals surface area (Å²) in [5, 5.41) is 2.27. The van der Waals surface area contributed by atoms with Crippen LogP contribution in [-0.4, -0.2) is 14.5 Å². The van der Waals surface area contributed by atoms with Crippen LogP contribution in [-0.2, 0) is 0 Å². The molecule has 0 atom stereocenters. The standard InChI is InChI=1S/C17H13N3.C2H6/c1-12-3-2-4-13(9-12)20-16-5-7-18-10-14(16)15-11-19-8-6-17(15)20;1-2/h2-11H,1H3;1-2H3. The minimum absolute atomic E-state index is 1.14. The molecule has 4 aromatic rings. The minimum atomic E-state index is 1.14. The van der Waals surface area contributed by atoms with Crippen LogP contribution in [0, 0.1) is 6.92 Å². The quantitative estimate of drug-likeness (QED) is 0.498. The van der Waals surface area contributed by atoms with Crippen molar-refractivity contribution in [2.75, 3.05) is 0 Å². The molecule has 0 aliphatic carbocycles. The molecule has 0 N–H and O–H groups in total. The molecule has 0 saturated heterocycles. The van der Waals surface area contributed by atoms with Crippen molar-refractivity contribution in [1.82, 2.24) is 14.5 Å². The first-order valence-electron chi connectivity index (χ1n) is 7.60. The molecule has 3 heteroatoms. The van der Waals surface area contributed by atoms with Gasteiger partial charge in [-0.1, -0.05) is 26.0 Å². The number of fused-ring (bicyclic) bond motifs is 3. The first-order chi connectivity index (χ1) is 10.8. The van der Waals surface area contributed by atoms with Gasteiger partial charge in [-0.25, -0.2) is 0 Å². The van der Waals surface area contributed by atoms with E-state index in [1.807, 2.05) is 38.6 Å². The van der Waals surface area contributed by atoms with Crippen molar-refractivity contribution >= 4 is 21.8 Å². The monoisotopic (exact) mass is 289 g/mol. The van der Waals surface area contributed by atoms with Gasteiger partial charge in [-0.2, -0.15) is 0 Å². The Kier molecular flexibility index (Phi) is 3.88. The molecule has 0 saturated carbocycles. The molecule has 0 bridgehead atoms. The average Bonchev–Trinajstić information content (AvgIpc) is 2.91. The van der Waals surface area contributed by atoms with Crippen molar-refractivity contribution in [1.29, 1.82) is 0 Å². The second kappa shape index (κ2) is 5.98. The smallest absolute Gasteiger partial charge is 0.0572 e.